The molecule has 0 amide bonds. The minimum absolute atomic E-state index is 0.0366. The highest BCUT2D eigenvalue weighted by atomic mass is 16.6. The van der Waals surface area contributed by atoms with E-state index in [1.807, 2.05) is 0 Å². The molecule has 4 heteroatoms. The van der Waals surface area contributed by atoms with Crippen molar-refractivity contribution in [2.45, 2.75) is 6.29 Å². The monoisotopic (exact) mass is 184 g/mol. The third-order valence-corrected chi connectivity index (χ3v) is 1.71. The molecule has 0 aliphatic heterocycles. The zero-order valence-electron chi connectivity index (χ0n) is 7.52. The van der Waals surface area contributed by atoms with Crippen LogP contribution in [-0.2, 0) is 4.74 Å². The molecule has 1 unspecified atom stereocenters. The summed E-state index contributed by atoms with van der Waals surface area (Å²) in [7, 11) is 2.84. The SMILES string of the molecule is COc1cc(C(O)OC)ccc1O. The minimum atomic E-state index is -0.991. The average molecular weight is 184 g/mol. The number of aliphatic hydroxyl groups is 1. The lowest BCUT2D eigenvalue weighted by Gasteiger charge is -2.10. The van der Waals surface area contributed by atoms with Gasteiger partial charge in [-0.25, -0.2) is 0 Å². The van der Waals surface area contributed by atoms with Crippen molar-refractivity contribution in [3.63, 3.8) is 0 Å². The van der Waals surface area contributed by atoms with Gasteiger partial charge in [-0.05, 0) is 12.1 Å². The van der Waals surface area contributed by atoms with Crippen molar-refractivity contribution in [1.82, 2.24) is 0 Å². The first-order valence-electron chi connectivity index (χ1n) is 3.76. The van der Waals surface area contributed by atoms with E-state index in [1.165, 1.54) is 26.4 Å². The van der Waals surface area contributed by atoms with E-state index in [2.05, 4.69) is 0 Å². The molecule has 0 heterocycles. The number of hydrogen-bond acceptors (Lipinski definition) is 4. The van der Waals surface area contributed by atoms with Gasteiger partial charge in [0, 0.05) is 12.7 Å². The van der Waals surface area contributed by atoms with Crippen molar-refractivity contribution in [3.05, 3.63) is 23.8 Å². The van der Waals surface area contributed by atoms with Gasteiger partial charge in [-0.2, -0.15) is 0 Å². The highest BCUT2D eigenvalue weighted by Crippen LogP contribution is 2.28. The van der Waals surface area contributed by atoms with Crippen molar-refractivity contribution < 1.29 is 19.7 Å². The fourth-order valence-electron chi connectivity index (χ4n) is 0.984. The fraction of sp³-hybridized carbons (Fsp3) is 0.333. The van der Waals surface area contributed by atoms with Crippen LogP contribution in [0.1, 0.15) is 11.9 Å². The Morgan fingerprint density at radius 3 is 2.54 bits per heavy atom. The average Bonchev–Trinajstić information content (AvgIpc) is 2.17. The van der Waals surface area contributed by atoms with E-state index >= 15 is 0 Å². The normalized spacial score (nSPS) is 12.5. The molecule has 0 aliphatic rings. The Bertz CT molecular complexity index is 285. The van der Waals surface area contributed by atoms with Crippen LogP contribution < -0.4 is 4.74 Å². The molecule has 2 N–H and O–H groups in total. The lowest BCUT2D eigenvalue weighted by Crippen LogP contribution is -1.99. The standard InChI is InChI=1S/C9H12O4/c1-12-8-5-6(9(11)13-2)3-4-7(8)10/h3-5,9-11H,1-2H3. The molecule has 1 aromatic rings. The van der Waals surface area contributed by atoms with Crippen LogP contribution in [0.2, 0.25) is 0 Å². The van der Waals surface area contributed by atoms with E-state index in [1.54, 1.807) is 6.07 Å². The Morgan fingerprint density at radius 2 is 2.00 bits per heavy atom. The molecular weight excluding hydrogens is 172 g/mol. The smallest absolute Gasteiger partial charge is 0.180 e. The molecule has 1 rings (SSSR count). The lowest BCUT2D eigenvalue weighted by atomic mass is 10.2. The number of aliphatic hydroxyl groups excluding tert-OH is 1. The molecule has 13 heavy (non-hydrogen) atoms. The molecule has 0 aromatic heterocycles. The second-order valence-electron chi connectivity index (χ2n) is 2.52. The summed E-state index contributed by atoms with van der Waals surface area (Å²) in [6.45, 7) is 0. The van der Waals surface area contributed by atoms with Crippen molar-refractivity contribution in [1.29, 1.82) is 0 Å². The molecular formula is C9H12O4. The van der Waals surface area contributed by atoms with E-state index < -0.39 is 6.29 Å². The topological polar surface area (TPSA) is 58.9 Å². The molecule has 0 radical (unpaired) electrons. The van der Waals surface area contributed by atoms with Gasteiger partial charge in [-0.1, -0.05) is 6.07 Å². The quantitative estimate of drug-likeness (QED) is 0.689. The van der Waals surface area contributed by atoms with E-state index in [9.17, 15) is 10.2 Å². The predicted octanol–water partition coefficient (Wildman–Crippen LogP) is 1.04. The number of phenols is 1. The summed E-state index contributed by atoms with van der Waals surface area (Å²) in [5.74, 6) is 0.350. The summed E-state index contributed by atoms with van der Waals surface area (Å²) < 4.78 is 9.56. The van der Waals surface area contributed by atoms with Crippen LogP contribution in [0.25, 0.3) is 0 Å². The van der Waals surface area contributed by atoms with Crippen LogP contribution >= 0.6 is 0 Å². The zero-order chi connectivity index (χ0) is 9.84. The molecule has 1 aromatic carbocycles. The third kappa shape index (κ3) is 2.11. The Morgan fingerprint density at radius 1 is 1.31 bits per heavy atom. The number of methoxy groups -OCH3 is 2. The number of aromatic hydroxyl groups is 1. The van der Waals surface area contributed by atoms with Gasteiger partial charge < -0.3 is 19.7 Å². The minimum Gasteiger partial charge on any atom is -0.504 e. The van der Waals surface area contributed by atoms with Crippen LogP contribution in [0.4, 0.5) is 0 Å². The maximum atomic E-state index is 9.28. The molecule has 4 nitrogen and oxygen atoms in total. The highest BCUT2D eigenvalue weighted by molar-refractivity contribution is 5.41. The van der Waals surface area contributed by atoms with Gasteiger partial charge in [0.2, 0.25) is 0 Å². The number of benzene rings is 1. The van der Waals surface area contributed by atoms with Gasteiger partial charge in [-0.3, -0.25) is 0 Å². The van der Waals surface area contributed by atoms with Crippen molar-refractivity contribution in [3.8, 4) is 11.5 Å². The Hall–Kier alpha value is -1.26. The predicted molar refractivity (Wildman–Crippen MR) is 46.6 cm³/mol. The lowest BCUT2D eigenvalue weighted by molar-refractivity contribution is -0.0770. The molecule has 0 fully saturated rings. The Kier molecular flexibility index (Phi) is 3.11. The summed E-state index contributed by atoms with van der Waals surface area (Å²) in [6.07, 6.45) is -0.991. The van der Waals surface area contributed by atoms with Crippen LogP contribution in [-0.4, -0.2) is 24.4 Å². The maximum Gasteiger partial charge on any atom is 0.180 e. The Balaban J connectivity index is 2.99. The third-order valence-electron chi connectivity index (χ3n) is 1.71. The fourth-order valence-corrected chi connectivity index (χ4v) is 0.984. The molecule has 0 saturated carbocycles. The van der Waals surface area contributed by atoms with Gasteiger partial charge in [0.05, 0.1) is 7.11 Å². The molecule has 0 bridgehead atoms. The first kappa shape index (κ1) is 9.83. The summed E-state index contributed by atoms with van der Waals surface area (Å²) in [5, 5.41) is 18.5. The first-order valence-corrected chi connectivity index (χ1v) is 3.76. The molecule has 0 spiro atoms. The number of phenolic OH excluding ortho intramolecular Hbond substituents is 1. The molecule has 0 aliphatic carbocycles. The summed E-state index contributed by atoms with van der Waals surface area (Å²) >= 11 is 0. The maximum absolute atomic E-state index is 9.28. The van der Waals surface area contributed by atoms with Crippen LogP contribution in [0.15, 0.2) is 18.2 Å². The first-order chi connectivity index (χ1) is 6.19. The second-order valence-corrected chi connectivity index (χ2v) is 2.52. The number of ether oxygens (including phenoxy) is 2. The van der Waals surface area contributed by atoms with E-state index in [0.29, 0.717) is 11.3 Å². The van der Waals surface area contributed by atoms with Crippen molar-refractivity contribution in [2.24, 2.45) is 0 Å². The highest BCUT2D eigenvalue weighted by Gasteiger charge is 2.08. The van der Waals surface area contributed by atoms with Gasteiger partial charge >= 0.3 is 0 Å². The Labute approximate surface area is 76.3 Å². The largest absolute Gasteiger partial charge is 0.504 e. The second kappa shape index (κ2) is 4.11. The van der Waals surface area contributed by atoms with E-state index in [0.717, 1.165) is 0 Å². The van der Waals surface area contributed by atoms with E-state index in [-0.39, 0.29) is 5.75 Å². The zero-order valence-corrected chi connectivity index (χ0v) is 7.52. The van der Waals surface area contributed by atoms with Gasteiger partial charge in [0.25, 0.3) is 0 Å². The summed E-state index contributed by atoms with van der Waals surface area (Å²) in [5.41, 5.74) is 0.539. The van der Waals surface area contributed by atoms with Crippen molar-refractivity contribution in [2.75, 3.05) is 14.2 Å². The van der Waals surface area contributed by atoms with E-state index in [4.69, 9.17) is 9.47 Å². The van der Waals surface area contributed by atoms with Crippen LogP contribution in [0.3, 0.4) is 0 Å². The summed E-state index contributed by atoms with van der Waals surface area (Å²) in [4.78, 5) is 0. The molecule has 72 valence electrons. The molecule has 1 atom stereocenters. The van der Waals surface area contributed by atoms with Gasteiger partial charge in [0.15, 0.2) is 17.8 Å². The van der Waals surface area contributed by atoms with Crippen LogP contribution in [0, 0.1) is 0 Å². The number of hydrogen-bond donors (Lipinski definition) is 2. The van der Waals surface area contributed by atoms with Crippen LogP contribution in [0.5, 0.6) is 11.5 Å². The summed E-state index contributed by atoms with van der Waals surface area (Å²) in [6, 6.07) is 4.52. The number of rotatable bonds is 3. The van der Waals surface area contributed by atoms with Gasteiger partial charge in [-0.15, -0.1) is 0 Å². The molecule has 0 saturated heterocycles. The van der Waals surface area contributed by atoms with Gasteiger partial charge in [0.1, 0.15) is 0 Å². The van der Waals surface area contributed by atoms with Crippen molar-refractivity contribution >= 4 is 0 Å².